The lowest BCUT2D eigenvalue weighted by molar-refractivity contribution is -0.122. The van der Waals surface area contributed by atoms with Crippen molar-refractivity contribution in [1.29, 1.82) is 0 Å². The Labute approximate surface area is 128 Å². The molecule has 0 unspecified atom stereocenters. The Balaban J connectivity index is 1.71. The van der Waals surface area contributed by atoms with Gasteiger partial charge in [-0.05, 0) is 37.0 Å². The van der Waals surface area contributed by atoms with Crippen molar-refractivity contribution in [2.75, 3.05) is 6.54 Å². The third kappa shape index (κ3) is 5.26. The summed E-state index contributed by atoms with van der Waals surface area (Å²) in [7, 11) is 0. The van der Waals surface area contributed by atoms with Crippen molar-refractivity contribution in [1.82, 2.24) is 5.32 Å². The number of amides is 1. The Morgan fingerprint density at radius 3 is 2.50 bits per heavy atom. The zero-order valence-corrected chi connectivity index (χ0v) is 12.4. The van der Waals surface area contributed by atoms with E-state index in [0.717, 1.165) is 31.2 Å². The minimum atomic E-state index is -2.84. The second-order valence-corrected chi connectivity index (χ2v) is 5.73. The number of carbonyl (C=O) groups is 1. The Bertz CT molecular complexity index is 485. The number of alkyl halides is 2. The molecule has 22 heavy (non-hydrogen) atoms. The van der Waals surface area contributed by atoms with Crippen molar-refractivity contribution >= 4 is 5.91 Å². The molecule has 1 aromatic carbocycles. The Morgan fingerprint density at radius 1 is 1.27 bits per heavy atom. The smallest absolute Gasteiger partial charge is 0.387 e. The second kappa shape index (κ2) is 7.54. The van der Waals surface area contributed by atoms with Crippen molar-refractivity contribution in [2.24, 2.45) is 0 Å². The number of benzene rings is 1. The van der Waals surface area contributed by atoms with Crippen LogP contribution in [0.15, 0.2) is 24.3 Å². The quantitative estimate of drug-likeness (QED) is 0.813. The molecule has 1 aromatic rings. The fraction of sp³-hybridized carbons (Fsp3) is 0.562. The first-order valence-corrected chi connectivity index (χ1v) is 7.50. The summed E-state index contributed by atoms with van der Waals surface area (Å²) in [6.45, 7) is -2.54. The van der Waals surface area contributed by atoms with E-state index in [4.69, 9.17) is 0 Å². The van der Waals surface area contributed by atoms with Crippen LogP contribution in [0.1, 0.15) is 37.7 Å². The van der Waals surface area contributed by atoms with Crippen LogP contribution in [0.4, 0.5) is 8.78 Å². The van der Waals surface area contributed by atoms with Crippen LogP contribution < -0.4 is 10.1 Å². The number of halogens is 2. The number of nitrogens with one attached hydrogen (secondary N) is 1. The SMILES string of the molecule is O=C(CCc1ccc(OC(F)F)cc1)NCC1(O)CCCC1. The highest BCUT2D eigenvalue weighted by atomic mass is 19.3. The number of hydrogen-bond donors (Lipinski definition) is 2. The first kappa shape index (κ1) is 16.7. The monoisotopic (exact) mass is 313 g/mol. The van der Waals surface area contributed by atoms with Crippen LogP contribution in [0.2, 0.25) is 0 Å². The van der Waals surface area contributed by atoms with Crippen molar-refractivity contribution in [3.63, 3.8) is 0 Å². The fourth-order valence-corrected chi connectivity index (χ4v) is 2.66. The summed E-state index contributed by atoms with van der Waals surface area (Å²) in [5, 5.41) is 12.9. The number of rotatable bonds is 7. The molecule has 4 nitrogen and oxygen atoms in total. The summed E-state index contributed by atoms with van der Waals surface area (Å²) in [6, 6.07) is 6.24. The molecular weight excluding hydrogens is 292 g/mol. The Hall–Kier alpha value is -1.69. The average molecular weight is 313 g/mol. The van der Waals surface area contributed by atoms with Crippen molar-refractivity contribution in [3.8, 4) is 5.75 Å². The van der Waals surface area contributed by atoms with Crippen molar-refractivity contribution in [2.45, 2.75) is 50.7 Å². The van der Waals surface area contributed by atoms with Crippen molar-refractivity contribution in [3.05, 3.63) is 29.8 Å². The molecule has 6 heteroatoms. The lowest BCUT2D eigenvalue weighted by Gasteiger charge is -2.22. The first-order chi connectivity index (χ1) is 10.5. The van der Waals surface area contributed by atoms with E-state index in [2.05, 4.69) is 10.1 Å². The van der Waals surface area contributed by atoms with E-state index in [0.29, 0.717) is 19.4 Å². The maximum Gasteiger partial charge on any atom is 0.387 e. The van der Waals surface area contributed by atoms with E-state index in [1.54, 1.807) is 12.1 Å². The highest BCUT2D eigenvalue weighted by molar-refractivity contribution is 5.76. The van der Waals surface area contributed by atoms with Gasteiger partial charge in [0.1, 0.15) is 5.75 Å². The number of aliphatic hydroxyl groups is 1. The van der Waals surface area contributed by atoms with Crippen molar-refractivity contribution < 1.29 is 23.4 Å². The van der Waals surface area contributed by atoms with Gasteiger partial charge in [0.25, 0.3) is 0 Å². The lowest BCUT2D eigenvalue weighted by atomic mass is 10.0. The van der Waals surface area contributed by atoms with Crippen LogP contribution >= 0.6 is 0 Å². The number of carbonyl (C=O) groups excluding carboxylic acids is 1. The van der Waals surface area contributed by atoms with E-state index in [1.165, 1.54) is 12.1 Å². The van der Waals surface area contributed by atoms with Gasteiger partial charge in [-0.1, -0.05) is 25.0 Å². The summed E-state index contributed by atoms with van der Waals surface area (Å²) in [4.78, 5) is 11.8. The zero-order chi connectivity index (χ0) is 16.0. The first-order valence-electron chi connectivity index (χ1n) is 7.50. The van der Waals surface area contributed by atoms with E-state index < -0.39 is 12.2 Å². The Kier molecular flexibility index (Phi) is 5.71. The number of aryl methyl sites for hydroxylation is 1. The molecule has 1 aliphatic carbocycles. The van der Waals surface area contributed by atoms with E-state index in [-0.39, 0.29) is 11.7 Å². The zero-order valence-electron chi connectivity index (χ0n) is 12.4. The molecule has 1 saturated carbocycles. The van der Waals surface area contributed by atoms with Gasteiger partial charge in [-0.3, -0.25) is 4.79 Å². The van der Waals surface area contributed by atoms with Crippen LogP contribution in [0.5, 0.6) is 5.75 Å². The minimum absolute atomic E-state index is 0.103. The molecule has 1 amide bonds. The molecule has 1 fully saturated rings. The van der Waals surface area contributed by atoms with Crippen LogP contribution in [0.25, 0.3) is 0 Å². The average Bonchev–Trinajstić information content (AvgIpc) is 2.91. The summed E-state index contributed by atoms with van der Waals surface area (Å²) in [5.41, 5.74) is 0.126. The third-order valence-electron chi connectivity index (χ3n) is 3.94. The molecule has 0 aliphatic heterocycles. The molecule has 0 radical (unpaired) electrons. The van der Waals surface area contributed by atoms with Gasteiger partial charge in [0.05, 0.1) is 5.60 Å². The second-order valence-electron chi connectivity index (χ2n) is 5.73. The van der Waals surface area contributed by atoms with Gasteiger partial charge >= 0.3 is 6.61 Å². The molecule has 122 valence electrons. The fourth-order valence-electron chi connectivity index (χ4n) is 2.66. The molecule has 0 saturated heterocycles. The lowest BCUT2D eigenvalue weighted by Crippen LogP contribution is -2.40. The normalized spacial score (nSPS) is 16.7. The van der Waals surface area contributed by atoms with E-state index in [1.807, 2.05) is 0 Å². The van der Waals surface area contributed by atoms with Crippen LogP contribution in [0.3, 0.4) is 0 Å². The Morgan fingerprint density at radius 2 is 1.91 bits per heavy atom. The van der Waals surface area contributed by atoms with Gasteiger partial charge in [-0.25, -0.2) is 0 Å². The number of hydrogen-bond acceptors (Lipinski definition) is 3. The maximum atomic E-state index is 12.0. The molecule has 0 bridgehead atoms. The molecule has 0 spiro atoms. The predicted octanol–water partition coefficient (Wildman–Crippen LogP) is 2.64. The molecule has 1 aliphatic rings. The molecular formula is C16H21F2NO3. The molecule has 2 rings (SSSR count). The predicted molar refractivity (Wildman–Crippen MR) is 77.8 cm³/mol. The topological polar surface area (TPSA) is 58.6 Å². The minimum Gasteiger partial charge on any atom is -0.435 e. The van der Waals surface area contributed by atoms with Gasteiger partial charge in [-0.2, -0.15) is 8.78 Å². The molecule has 2 N–H and O–H groups in total. The van der Waals surface area contributed by atoms with Gasteiger partial charge in [0, 0.05) is 13.0 Å². The maximum absolute atomic E-state index is 12.0. The third-order valence-corrected chi connectivity index (χ3v) is 3.94. The van der Waals surface area contributed by atoms with Gasteiger partial charge < -0.3 is 15.2 Å². The highest BCUT2D eigenvalue weighted by Crippen LogP contribution is 2.28. The highest BCUT2D eigenvalue weighted by Gasteiger charge is 2.31. The summed E-state index contributed by atoms with van der Waals surface area (Å²) < 4.78 is 28.3. The molecule has 0 atom stereocenters. The van der Waals surface area contributed by atoms with Crippen LogP contribution in [-0.2, 0) is 11.2 Å². The van der Waals surface area contributed by atoms with E-state index in [9.17, 15) is 18.7 Å². The summed E-state index contributed by atoms with van der Waals surface area (Å²) >= 11 is 0. The van der Waals surface area contributed by atoms with Gasteiger partial charge in [0.2, 0.25) is 5.91 Å². The van der Waals surface area contributed by atoms with Crippen LogP contribution in [0, 0.1) is 0 Å². The van der Waals surface area contributed by atoms with Gasteiger partial charge in [0.15, 0.2) is 0 Å². The van der Waals surface area contributed by atoms with Gasteiger partial charge in [-0.15, -0.1) is 0 Å². The molecule has 0 aromatic heterocycles. The number of ether oxygens (including phenoxy) is 1. The largest absolute Gasteiger partial charge is 0.435 e. The standard InChI is InChI=1S/C16H21F2NO3/c17-15(18)22-13-6-3-12(4-7-13)5-8-14(20)19-11-16(21)9-1-2-10-16/h3-4,6-7,15,21H,1-2,5,8-11H2,(H,19,20). The summed E-state index contributed by atoms with van der Waals surface area (Å²) in [6.07, 6.45) is 4.28. The van der Waals surface area contributed by atoms with E-state index >= 15 is 0 Å². The summed E-state index contributed by atoms with van der Waals surface area (Å²) in [5.74, 6) is -0.0140. The van der Waals surface area contributed by atoms with Crippen LogP contribution in [-0.4, -0.2) is 29.8 Å². The molecule has 0 heterocycles.